The highest BCUT2D eigenvalue weighted by atomic mass is 19.1. The summed E-state index contributed by atoms with van der Waals surface area (Å²) in [6.45, 7) is 2.24. The average molecular weight is 287 g/mol. The minimum atomic E-state index is -0.441. The van der Waals surface area contributed by atoms with Gasteiger partial charge in [0.1, 0.15) is 23.0 Å². The van der Waals surface area contributed by atoms with Crippen molar-refractivity contribution in [2.45, 2.75) is 19.5 Å². The van der Waals surface area contributed by atoms with E-state index in [1.165, 1.54) is 6.07 Å². The van der Waals surface area contributed by atoms with Crippen LogP contribution in [-0.2, 0) is 6.54 Å². The van der Waals surface area contributed by atoms with Gasteiger partial charge in [-0.2, -0.15) is 0 Å². The first-order chi connectivity index (χ1) is 10.1. The highest BCUT2D eigenvalue weighted by Gasteiger charge is 2.12. The van der Waals surface area contributed by atoms with Crippen LogP contribution in [0.5, 0.6) is 0 Å². The minimum Gasteiger partial charge on any atom is -0.460 e. The molecule has 1 heterocycles. The SMILES string of the molecule is CC(NCc1cc2ccccc2o1)c1cc(F)ccc1F. The molecule has 0 aliphatic carbocycles. The Labute approximate surface area is 121 Å². The molecule has 1 unspecified atom stereocenters. The normalized spacial score (nSPS) is 12.7. The number of furan rings is 1. The molecule has 1 N–H and O–H groups in total. The van der Waals surface area contributed by atoms with Crippen LogP contribution in [0.2, 0.25) is 0 Å². The van der Waals surface area contributed by atoms with Crippen LogP contribution in [0.15, 0.2) is 52.9 Å². The predicted octanol–water partition coefficient (Wildman–Crippen LogP) is 4.56. The van der Waals surface area contributed by atoms with E-state index in [-0.39, 0.29) is 6.04 Å². The zero-order chi connectivity index (χ0) is 14.8. The largest absolute Gasteiger partial charge is 0.460 e. The van der Waals surface area contributed by atoms with Gasteiger partial charge in [0.25, 0.3) is 0 Å². The third kappa shape index (κ3) is 2.95. The Balaban J connectivity index is 1.73. The fourth-order valence-electron chi connectivity index (χ4n) is 2.33. The molecule has 4 heteroatoms. The lowest BCUT2D eigenvalue weighted by Crippen LogP contribution is -2.19. The van der Waals surface area contributed by atoms with Crippen LogP contribution in [-0.4, -0.2) is 0 Å². The zero-order valence-corrected chi connectivity index (χ0v) is 11.6. The van der Waals surface area contributed by atoms with Crippen LogP contribution in [0.4, 0.5) is 8.78 Å². The number of nitrogens with one attached hydrogen (secondary N) is 1. The van der Waals surface area contributed by atoms with E-state index in [4.69, 9.17) is 4.42 Å². The van der Waals surface area contributed by atoms with Crippen LogP contribution in [0.3, 0.4) is 0 Å². The van der Waals surface area contributed by atoms with Crippen LogP contribution in [0, 0.1) is 11.6 Å². The number of hydrogen-bond acceptors (Lipinski definition) is 2. The Morgan fingerprint density at radius 1 is 1.10 bits per heavy atom. The molecule has 1 atom stereocenters. The first kappa shape index (κ1) is 13.8. The van der Waals surface area contributed by atoms with E-state index in [0.717, 1.165) is 28.9 Å². The van der Waals surface area contributed by atoms with Crippen LogP contribution >= 0.6 is 0 Å². The van der Waals surface area contributed by atoms with Gasteiger partial charge in [-0.3, -0.25) is 0 Å². The molecule has 108 valence electrons. The van der Waals surface area contributed by atoms with Crippen molar-refractivity contribution in [3.05, 3.63) is 71.5 Å². The van der Waals surface area contributed by atoms with Gasteiger partial charge >= 0.3 is 0 Å². The smallest absolute Gasteiger partial charge is 0.134 e. The minimum absolute atomic E-state index is 0.311. The lowest BCUT2D eigenvalue weighted by molar-refractivity contribution is 0.468. The summed E-state index contributed by atoms with van der Waals surface area (Å²) in [6, 6.07) is 12.8. The molecule has 2 aromatic carbocycles. The molecule has 1 aromatic heterocycles. The zero-order valence-electron chi connectivity index (χ0n) is 11.6. The molecule has 0 saturated heterocycles. The molecular formula is C17H15F2NO. The quantitative estimate of drug-likeness (QED) is 0.761. The Bertz CT molecular complexity index is 733. The first-order valence-electron chi connectivity index (χ1n) is 6.79. The highest BCUT2D eigenvalue weighted by molar-refractivity contribution is 5.77. The van der Waals surface area contributed by atoms with Gasteiger partial charge in [0.15, 0.2) is 0 Å². The molecule has 0 radical (unpaired) electrons. The van der Waals surface area contributed by atoms with Crippen molar-refractivity contribution < 1.29 is 13.2 Å². The fourth-order valence-corrected chi connectivity index (χ4v) is 2.33. The van der Waals surface area contributed by atoms with Gasteiger partial charge < -0.3 is 9.73 Å². The molecule has 0 aliphatic heterocycles. The number of rotatable bonds is 4. The summed E-state index contributed by atoms with van der Waals surface area (Å²) in [5.41, 5.74) is 1.13. The maximum atomic E-state index is 13.7. The summed E-state index contributed by atoms with van der Waals surface area (Å²) in [6.07, 6.45) is 0. The van der Waals surface area contributed by atoms with Crippen molar-refractivity contribution in [3.8, 4) is 0 Å². The number of fused-ring (bicyclic) bond motifs is 1. The lowest BCUT2D eigenvalue weighted by atomic mass is 10.1. The number of para-hydroxylation sites is 1. The monoisotopic (exact) mass is 287 g/mol. The molecule has 2 nitrogen and oxygen atoms in total. The van der Waals surface area contributed by atoms with E-state index < -0.39 is 11.6 Å². The highest BCUT2D eigenvalue weighted by Crippen LogP contribution is 2.21. The van der Waals surface area contributed by atoms with Crippen molar-refractivity contribution in [2.24, 2.45) is 0 Å². The maximum absolute atomic E-state index is 13.7. The fraction of sp³-hybridized carbons (Fsp3) is 0.176. The molecule has 0 fully saturated rings. The Morgan fingerprint density at radius 2 is 1.90 bits per heavy atom. The van der Waals surface area contributed by atoms with Crippen molar-refractivity contribution >= 4 is 11.0 Å². The maximum Gasteiger partial charge on any atom is 0.134 e. The van der Waals surface area contributed by atoms with Crippen LogP contribution < -0.4 is 5.32 Å². The topological polar surface area (TPSA) is 25.2 Å². The summed E-state index contributed by atoms with van der Waals surface area (Å²) < 4.78 is 32.6. The predicted molar refractivity (Wildman–Crippen MR) is 77.8 cm³/mol. The molecule has 0 bridgehead atoms. The first-order valence-corrected chi connectivity index (χ1v) is 6.79. The Hall–Kier alpha value is -2.20. The molecular weight excluding hydrogens is 272 g/mol. The second-order valence-electron chi connectivity index (χ2n) is 5.02. The van der Waals surface area contributed by atoms with Gasteiger partial charge in [0.05, 0.1) is 6.54 Å². The van der Waals surface area contributed by atoms with Gasteiger partial charge in [0.2, 0.25) is 0 Å². The molecule has 0 spiro atoms. The van der Waals surface area contributed by atoms with Crippen molar-refractivity contribution in [1.82, 2.24) is 5.32 Å². The van der Waals surface area contributed by atoms with E-state index in [1.807, 2.05) is 30.3 Å². The standard InChI is InChI=1S/C17H15F2NO/c1-11(15-9-13(18)6-7-16(15)19)20-10-14-8-12-4-2-3-5-17(12)21-14/h2-9,11,20H,10H2,1H3. The van der Waals surface area contributed by atoms with Crippen molar-refractivity contribution in [1.29, 1.82) is 0 Å². The van der Waals surface area contributed by atoms with Crippen molar-refractivity contribution in [3.63, 3.8) is 0 Å². The molecule has 21 heavy (non-hydrogen) atoms. The van der Waals surface area contributed by atoms with Gasteiger partial charge in [0, 0.05) is 17.0 Å². The lowest BCUT2D eigenvalue weighted by Gasteiger charge is -2.14. The van der Waals surface area contributed by atoms with Crippen LogP contribution in [0.1, 0.15) is 24.3 Å². The number of benzene rings is 2. The number of halogens is 2. The third-order valence-corrected chi connectivity index (χ3v) is 3.48. The second kappa shape index (κ2) is 5.66. The van der Waals surface area contributed by atoms with Gasteiger partial charge in [-0.25, -0.2) is 8.78 Å². The Morgan fingerprint density at radius 3 is 2.71 bits per heavy atom. The summed E-state index contributed by atoms with van der Waals surface area (Å²) >= 11 is 0. The van der Waals surface area contributed by atoms with E-state index in [0.29, 0.717) is 12.1 Å². The van der Waals surface area contributed by atoms with Crippen molar-refractivity contribution in [2.75, 3.05) is 0 Å². The van der Waals surface area contributed by atoms with E-state index in [2.05, 4.69) is 5.32 Å². The summed E-state index contributed by atoms with van der Waals surface area (Å²) in [4.78, 5) is 0. The average Bonchev–Trinajstić information content (AvgIpc) is 2.90. The second-order valence-corrected chi connectivity index (χ2v) is 5.02. The Kier molecular flexibility index (Phi) is 3.71. The third-order valence-electron chi connectivity index (χ3n) is 3.48. The molecule has 0 saturated carbocycles. The number of hydrogen-bond donors (Lipinski definition) is 1. The summed E-state index contributed by atoms with van der Waals surface area (Å²) in [5.74, 6) is -0.0929. The van der Waals surface area contributed by atoms with Gasteiger partial charge in [-0.1, -0.05) is 18.2 Å². The molecule has 3 rings (SSSR count). The summed E-state index contributed by atoms with van der Waals surface area (Å²) in [5, 5.41) is 4.17. The molecule has 3 aromatic rings. The van der Waals surface area contributed by atoms with E-state index in [1.54, 1.807) is 6.92 Å². The molecule has 0 aliphatic rings. The van der Waals surface area contributed by atoms with E-state index in [9.17, 15) is 8.78 Å². The molecule has 0 amide bonds. The van der Waals surface area contributed by atoms with Gasteiger partial charge in [-0.15, -0.1) is 0 Å². The summed E-state index contributed by atoms with van der Waals surface area (Å²) in [7, 11) is 0. The van der Waals surface area contributed by atoms with E-state index >= 15 is 0 Å². The van der Waals surface area contributed by atoms with Gasteiger partial charge in [-0.05, 0) is 37.3 Å². The van der Waals surface area contributed by atoms with Crippen LogP contribution in [0.25, 0.3) is 11.0 Å².